The summed E-state index contributed by atoms with van der Waals surface area (Å²) in [6, 6.07) is 27.4. The molecule has 226 valence electrons. The SMILES string of the molecule is COc1cc(C(=O)N(CC(=O)N(Cc2ccccc2)Cc2cccn2Cc2ccccc2)CC(C)C)cc(OC)c1OC. The lowest BCUT2D eigenvalue weighted by molar-refractivity contribution is -0.133. The van der Waals surface area contributed by atoms with Crippen molar-refractivity contribution in [3.05, 3.63) is 114 Å². The van der Waals surface area contributed by atoms with Gasteiger partial charge in [-0.2, -0.15) is 0 Å². The highest BCUT2D eigenvalue weighted by molar-refractivity contribution is 5.97. The van der Waals surface area contributed by atoms with Crippen molar-refractivity contribution in [2.75, 3.05) is 34.4 Å². The van der Waals surface area contributed by atoms with Crippen LogP contribution in [0, 0.1) is 5.92 Å². The molecule has 0 saturated heterocycles. The second kappa shape index (κ2) is 15.0. The van der Waals surface area contributed by atoms with Crippen LogP contribution in [0.4, 0.5) is 0 Å². The molecule has 8 nitrogen and oxygen atoms in total. The Kier molecular flexibility index (Phi) is 10.9. The number of rotatable bonds is 14. The molecule has 0 atom stereocenters. The Morgan fingerprint density at radius 2 is 1.35 bits per heavy atom. The van der Waals surface area contributed by atoms with Crippen LogP contribution in [0.2, 0.25) is 0 Å². The zero-order valence-electron chi connectivity index (χ0n) is 25.7. The summed E-state index contributed by atoms with van der Waals surface area (Å²) >= 11 is 0. The molecule has 2 amide bonds. The van der Waals surface area contributed by atoms with E-state index in [0.717, 1.165) is 11.3 Å². The third-order valence-corrected chi connectivity index (χ3v) is 7.15. The largest absolute Gasteiger partial charge is 0.493 e. The minimum absolute atomic E-state index is 0.0695. The van der Waals surface area contributed by atoms with Crippen LogP contribution in [-0.2, 0) is 24.4 Å². The maximum Gasteiger partial charge on any atom is 0.254 e. The molecule has 0 fully saturated rings. The Bertz CT molecular complexity index is 1460. The van der Waals surface area contributed by atoms with Crippen molar-refractivity contribution < 1.29 is 23.8 Å². The zero-order valence-corrected chi connectivity index (χ0v) is 25.7. The van der Waals surface area contributed by atoms with Crippen molar-refractivity contribution in [3.63, 3.8) is 0 Å². The molecule has 4 rings (SSSR count). The van der Waals surface area contributed by atoms with E-state index in [4.69, 9.17) is 14.2 Å². The zero-order chi connectivity index (χ0) is 30.8. The van der Waals surface area contributed by atoms with E-state index >= 15 is 0 Å². The number of carbonyl (C=O) groups excluding carboxylic acids is 2. The molecule has 0 radical (unpaired) electrons. The number of amides is 2. The van der Waals surface area contributed by atoms with E-state index in [1.54, 1.807) is 17.0 Å². The predicted molar refractivity (Wildman–Crippen MR) is 168 cm³/mol. The van der Waals surface area contributed by atoms with Crippen LogP contribution in [0.1, 0.15) is 41.0 Å². The smallest absolute Gasteiger partial charge is 0.254 e. The van der Waals surface area contributed by atoms with E-state index in [2.05, 4.69) is 16.7 Å². The predicted octanol–water partition coefficient (Wildman–Crippen LogP) is 5.89. The summed E-state index contributed by atoms with van der Waals surface area (Å²) in [6.07, 6.45) is 2.03. The molecule has 0 N–H and O–H groups in total. The molecule has 0 unspecified atom stereocenters. The second-order valence-corrected chi connectivity index (χ2v) is 10.8. The first-order valence-corrected chi connectivity index (χ1v) is 14.4. The lowest BCUT2D eigenvalue weighted by Gasteiger charge is -2.29. The molecule has 0 aliphatic carbocycles. The summed E-state index contributed by atoms with van der Waals surface area (Å²) in [5, 5.41) is 0. The molecule has 4 aromatic rings. The first-order chi connectivity index (χ1) is 20.8. The van der Waals surface area contributed by atoms with Crippen molar-refractivity contribution in [2.45, 2.75) is 33.5 Å². The van der Waals surface area contributed by atoms with Crippen LogP contribution in [0.3, 0.4) is 0 Å². The van der Waals surface area contributed by atoms with E-state index in [-0.39, 0.29) is 24.3 Å². The fourth-order valence-electron chi connectivity index (χ4n) is 5.07. The van der Waals surface area contributed by atoms with E-state index < -0.39 is 0 Å². The normalized spacial score (nSPS) is 10.8. The Morgan fingerprint density at radius 3 is 1.91 bits per heavy atom. The third kappa shape index (κ3) is 8.19. The average Bonchev–Trinajstić information content (AvgIpc) is 3.45. The van der Waals surface area contributed by atoms with E-state index in [0.29, 0.717) is 49.0 Å². The van der Waals surface area contributed by atoms with Crippen molar-refractivity contribution in [3.8, 4) is 17.2 Å². The lowest BCUT2D eigenvalue weighted by Crippen LogP contribution is -2.44. The number of aromatic nitrogens is 1. The number of carbonyl (C=O) groups is 2. The number of nitrogens with zero attached hydrogens (tertiary/aromatic N) is 3. The number of methoxy groups -OCH3 is 3. The van der Waals surface area contributed by atoms with Gasteiger partial charge in [0.15, 0.2) is 11.5 Å². The van der Waals surface area contributed by atoms with Crippen LogP contribution in [0.15, 0.2) is 91.1 Å². The fraction of sp³-hybridized carbons (Fsp3) is 0.314. The molecular weight excluding hydrogens is 542 g/mol. The Morgan fingerprint density at radius 1 is 0.744 bits per heavy atom. The van der Waals surface area contributed by atoms with Crippen LogP contribution in [0.25, 0.3) is 0 Å². The van der Waals surface area contributed by atoms with Crippen LogP contribution in [0.5, 0.6) is 17.2 Å². The number of benzene rings is 3. The Hall–Kier alpha value is -4.72. The van der Waals surface area contributed by atoms with E-state index in [1.165, 1.54) is 26.9 Å². The summed E-state index contributed by atoms with van der Waals surface area (Å²) in [4.78, 5) is 31.4. The van der Waals surface area contributed by atoms with Gasteiger partial charge in [-0.3, -0.25) is 9.59 Å². The van der Waals surface area contributed by atoms with E-state index in [1.807, 2.05) is 85.6 Å². The molecule has 0 saturated carbocycles. The number of ether oxygens (including phenoxy) is 3. The van der Waals surface area contributed by atoms with Crippen molar-refractivity contribution in [2.24, 2.45) is 5.92 Å². The molecular formula is C35H41N3O5. The summed E-state index contributed by atoms with van der Waals surface area (Å²) in [5.74, 6) is 0.882. The molecule has 1 heterocycles. The topological polar surface area (TPSA) is 73.2 Å². The number of hydrogen-bond acceptors (Lipinski definition) is 5. The fourth-order valence-corrected chi connectivity index (χ4v) is 5.07. The maximum atomic E-state index is 14.1. The molecule has 0 aliphatic rings. The van der Waals surface area contributed by atoms with E-state index in [9.17, 15) is 9.59 Å². The molecule has 0 bridgehead atoms. The van der Waals surface area contributed by atoms with Gasteiger partial charge in [0.2, 0.25) is 11.7 Å². The van der Waals surface area contributed by atoms with Gasteiger partial charge in [0.05, 0.1) is 27.9 Å². The minimum atomic E-state index is -0.284. The molecule has 1 aromatic heterocycles. The van der Waals surface area contributed by atoms with Gasteiger partial charge < -0.3 is 28.6 Å². The van der Waals surface area contributed by atoms with Crippen molar-refractivity contribution in [1.29, 1.82) is 0 Å². The highest BCUT2D eigenvalue weighted by Crippen LogP contribution is 2.38. The monoisotopic (exact) mass is 583 g/mol. The van der Waals surface area contributed by atoms with Crippen LogP contribution >= 0.6 is 0 Å². The van der Waals surface area contributed by atoms with Gasteiger partial charge in [0.1, 0.15) is 6.54 Å². The average molecular weight is 584 g/mol. The minimum Gasteiger partial charge on any atom is -0.493 e. The second-order valence-electron chi connectivity index (χ2n) is 10.8. The van der Waals surface area contributed by atoms with Gasteiger partial charge in [-0.15, -0.1) is 0 Å². The van der Waals surface area contributed by atoms with Gasteiger partial charge >= 0.3 is 0 Å². The molecule has 43 heavy (non-hydrogen) atoms. The maximum absolute atomic E-state index is 14.1. The molecule has 3 aromatic carbocycles. The van der Waals surface area contributed by atoms with Gasteiger partial charge in [-0.25, -0.2) is 0 Å². The van der Waals surface area contributed by atoms with Crippen molar-refractivity contribution in [1.82, 2.24) is 14.4 Å². The molecule has 0 spiro atoms. The first-order valence-electron chi connectivity index (χ1n) is 14.4. The van der Waals surface area contributed by atoms with Crippen molar-refractivity contribution >= 4 is 11.8 Å². The van der Waals surface area contributed by atoms with Gasteiger partial charge in [0.25, 0.3) is 5.91 Å². The van der Waals surface area contributed by atoms with Gasteiger partial charge in [-0.05, 0) is 41.3 Å². The number of hydrogen-bond donors (Lipinski definition) is 0. The summed E-state index contributed by atoms with van der Waals surface area (Å²) in [6.45, 7) is 5.92. The first kappa shape index (κ1) is 31.2. The summed E-state index contributed by atoms with van der Waals surface area (Å²) in [5.41, 5.74) is 3.57. The lowest BCUT2D eigenvalue weighted by atomic mass is 10.1. The Balaban J connectivity index is 1.62. The van der Waals surface area contributed by atoms with Crippen LogP contribution < -0.4 is 14.2 Å². The highest BCUT2D eigenvalue weighted by Gasteiger charge is 2.26. The van der Waals surface area contributed by atoms with Gasteiger partial charge in [-0.1, -0.05) is 74.5 Å². The molecule has 8 heteroatoms. The molecule has 0 aliphatic heterocycles. The third-order valence-electron chi connectivity index (χ3n) is 7.15. The quantitative estimate of drug-likeness (QED) is 0.185. The highest BCUT2D eigenvalue weighted by atomic mass is 16.5. The Labute approximate surface area is 254 Å². The summed E-state index contributed by atoms with van der Waals surface area (Å²) < 4.78 is 18.5. The standard InChI is InChI=1S/C35H41N3O5/c1-26(2)21-38(35(40)29-19-31(41-3)34(43-5)32(20-29)42-4)25-33(39)37(23-28-15-10-7-11-16-28)24-30-17-12-18-36(30)22-27-13-8-6-9-14-27/h6-20,26H,21-25H2,1-5H3. The van der Waals surface area contributed by atoms with Gasteiger partial charge in [0, 0.05) is 37.1 Å². The summed E-state index contributed by atoms with van der Waals surface area (Å²) in [7, 11) is 4.54. The van der Waals surface area contributed by atoms with Crippen LogP contribution in [-0.4, -0.2) is 60.6 Å².